The molecule has 0 aliphatic carbocycles. The fourth-order valence-corrected chi connectivity index (χ4v) is 5.18. The van der Waals surface area contributed by atoms with Crippen LogP contribution in [0.15, 0.2) is 35.6 Å². The number of aryl methyl sites for hydroxylation is 1. The number of nitrogens with one attached hydrogen (secondary N) is 2. The van der Waals surface area contributed by atoms with Crippen LogP contribution in [0.5, 0.6) is 5.75 Å². The summed E-state index contributed by atoms with van der Waals surface area (Å²) in [6.45, 7) is 8.46. The van der Waals surface area contributed by atoms with Crippen molar-refractivity contribution in [2.45, 2.75) is 51.4 Å². The maximum atomic E-state index is 12.9. The number of imide groups is 1. The Bertz CT molecular complexity index is 1220. The summed E-state index contributed by atoms with van der Waals surface area (Å²) in [6.07, 6.45) is 7.30. The number of carbonyl (C=O) groups is 3. The topological polar surface area (TPSA) is 107 Å². The summed E-state index contributed by atoms with van der Waals surface area (Å²) in [7, 11) is 0. The lowest BCUT2D eigenvalue weighted by Crippen LogP contribution is -2.52. The van der Waals surface area contributed by atoms with E-state index in [2.05, 4.69) is 26.9 Å². The lowest BCUT2D eigenvalue weighted by atomic mass is 10.0. The summed E-state index contributed by atoms with van der Waals surface area (Å²) in [5.74, 6) is -0.134. The van der Waals surface area contributed by atoms with Crippen LogP contribution in [0.2, 0.25) is 0 Å². The Hall–Kier alpha value is -3.72. The molecule has 1 unspecified atom stereocenters. The van der Waals surface area contributed by atoms with E-state index in [0.717, 1.165) is 48.6 Å². The average molecular weight is 476 g/mol. The van der Waals surface area contributed by atoms with Gasteiger partial charge in [0.25, 0.3) is 5.91 Å². The van der Waals surface area contributed by atoms with Crippen LogP contribution in [0, 0.1) is 6.92 Å². The Morgan fingerprint density at radius 1 is 1.26 bits per heavy atom. The molecule has 2 N–H and O–H groups in total. The summed E-state index contributed by atoms with van der Waals surface area (Å²) in [4.78, 5) is 47.6. The second-order valence-electron chi connectivity index (χ2n) is 9.33. The number of aromatic nitrogens is 1. The highest BCUT2D eigenvalue weighted by atomic mass is 16.5. The van der Waals surface area contributed by atoms with Crippen LogP contribution in [0.25, 0.3) is 6.08 Å². The number of amides is 3. The number of piperidine rings is 1. The van der Waals surface area contributed by atoms with E-state index in [9.17, 15) is 14.4 Å². The SMILES string of the molecule is C=N/C=C\c1c(CN2CC[C@@H](Oc3ccc4c(c3)CN(C3CCC(=O)NC3=O)C4=O)C2)c[nH]c1C. The Balaban J connectivity index is 1.21. The van der Waals surface area contributed by atoms with Gasteiger partial charge in [-0.25, -0.2) is 0 Å². The van der Waals surface area contributed by atoms with E-state index in [0.29, 0.717) is 18.5 Å². The fourth-order valence-electron chi connectivity index (χ4n) is 5.18. The molecular formula is C26H29N5O4. The smallest absolute Gasteiger partial charge is 0.255 e. The van der Waals surface area contributed by atoms with Gasteiger partial charge in [0, 0.05) is 61.8 Å². The van der Waals surface area contributed by atoms with Gasteiger partial charge in [0.1, 0.15) is 17.9 Å². The zero-order valence-electron chi connectivity index (χ0n) is 19.8. The van der Waals surface area contributed by atoms with Gasteiger partial charge in [-0.2, -0.15) is 0 Å². The summed E-state index contributed by atoms with van der Waals surface area (Å²) in [5.41, 5.74) is 4.90. The molecule has 1 aromatic heterocycles. The van der Waals surface area contributed by atoms with Crippen LogP contribution < -0.4 is 10.1 Å². The van der Waals surface area contributed by atoms with Gasteiger partial charge in [-0.3, -0.25) is 29.6 Å². The molecule has 4 heterocycles. The number of ether oxygens (including phenoxy) is 1. The third-order valence-electron chi connectivity index (χ3n) is 6.98. The largest absolute Gasteiger partial charge is 0.489 e. The normalized spacial score (nSPS) is 22.7. The first-order chi connectivity index (χ1) is 16.9. The van der Waals surface area contributed by atoms with E-state index in [1.807, 2.05) is 31.3 Å². The zero-order chi connectivity index (χ0) is 24.5. The monoisotopic (exact) mass is 475 g/mol. The number of aliphatic imine (C=N–C) groups is 1. The predicted octanol–water partition coefficient (Wildman–Crippen LogP) is 2.41. The van der Waals surface area contributed by atoms with Crippen molar-refractivity contribution >= 4 is 30.5 Å². The van der Waals surface area contributed by atoms with Crippen LogP contribution in [-0.4, -0.2) is 64.5 Å². The molecule has 1 aromatic carbocycles. The van der Waals surface area contributed by atoms with Gasteiger partial charge in [0.05, 0.1) is 0 Å². The third-order valence-corrected chi connectivity index (χ3v) is 6.98. The van der Waals surface area contributed by atoms with Crippen molar-refractivity contribution < 1.29 is 19.1 Å². The molecule has 3 aliphatic rings. The summed E-state index contributed by atoms with van der Waals surface area (Å²) >= 11 is 0. The van der Waals surface area contributed by atoms with Gasteiger partial charge in [0.15, 0.2) is 0 Å². The number of rotatable bonds is 7. The van der Waals surface area contributed by atoms with Gasteiger partial charge in [0.2, 0.25) is 11.8 Å². The third kappa shape index (κ3) is 4.64. The quantitative estimate of drug-likeness (QED) is 0.472. The van der Waals surface area contributed by atoms with Crippen LogP contribution in [0.3, 0.4) is 0 Å². The van der Waals surface area contributed by atoms with Crippen molar-refractivity contribution in [1.82, 2.24) is 20.1 Å². The second-order valence-corrected chi connectivity index (χ2v) is 9.33. The summed E-state index contributed by atoms with van der Waals surface area (Å²) in [6, 6.07) is 4.90. The highest BCUT2D eigenvalue weighted by Crippen LogP contribution is 2.31. The van der Waals surface area contributed by atoms with E-state index in [1.54, 1.807) is 17.2 Å². The molecule has 3 amide bonds. The van der Waals surface area contributed by atoms with Crippen molar-refractivity contribution in [3.8, 4) is 5.75 Å². The Kier molecular flexibility index (Phi) is 6.25. The number of nitrogens with zero attached hydrogens (tertiary/aromatic N) is 3. The number of H-pyrrole nitrogens is 1. The van der Waals surface area contributed by atoms with Crippen molar-refractivity contribution in [3.63, 3.8) is 0 Å². The molecule has 2 aromatic rings. The van der Waals surface area contributed by atoms with Gasteiger partial charge >= 0.3 is 0 Å². The minimum Gasteiger partial charge on any atom is -0.489 e. The van der Waals surface area contributed by atoms with Crippen molar-refractivity contribution in [1.29, 1.82) is 0 Å². The predicted molar refractivity (Wildman–Crippen MR) is 131 cm³/mol. The van der Waals surface area contributed by atoms with Crippen molar-refractivity contribution in [2.75, 3.05) is 13.1 Å². The number of carbonyl (C=O) groups excluding carboxylic acids is 3. The number of hydrogen-bond acceptors (Lipinski definition) is 6. The van der Waals surface area contributed by atoms with Gasteiger partial charge in [-0.15, -0.1) is 0 Å². The Morgan fingerprint density at radius 2 is 2.11 bits per heavy atom. The molecule has 35 heavy (non-hydrogen) atoms. The lowest BCUT2D eigenvalue weighted by molar-refractivity contribution is -0.136. The van der Waals surface area contributed by atoms with E-state index in [4.69, 9.17) is 4.74 Å². The molecule has 3 aliphatic heterocycles. The maximum Gasteiger partial charge on any atom is 0.255 e. The second kappa shape index (κ2) is 9.50. The molecule has 2 saturated heterocycles. The van der Waals surface area contributed by atoms with Crippen LogP contribution in [0.1, 0.15) is 52.0 Å². The van der Waals surface area contributed by atoms with Gasteiger partial charge in [-0.1, -0.05) is 0 Å². The fraction of sp³-hybridized carbons (Fsp3) is 0.385. The first-order valence-electron chi connectivity index (χ1n) is 11.9. The Morgan fingerprint density at radius 3 is 2.91 bits per heavy atom. The average Bonchev–Trinajstić information content (AvgIpc) is 3.51. The van der Waals surface area contributed by atoms with Gasteiger partial charge < -0.3 is 14.6 Å². The molecule has 9 nitrogen and oxygen atoms in total. The van der Waals surface area contributed by atoms with Crippen molar-refractivity contribution in [2.24, 2.45) is 4.99 Å². The molecule has 2 atom stereocenters. The first-order valence-corrected chi connectivity index (χ1v) is 11.9. The first kappa shape index (κ1) is 23.0. The minimum absolute atomic E-state index is 0.0604. The maximum absolute atomic E-state index is 12.9. The summed E-state index contributed by atoms with van der Waals surface area (Å²) in [5, 5.41) is 2.34. The van der Waals surface area contributed by atoms with E-state index in [1.165, 1.54) is 5.56 Å². The number of hydrogen-bond donors (Lipinski definition) is 2. The molecule has 182 valence electrons. The number of benzene rings is 1. The number of fused-ring (bicyclic) bond motifs is 1. The van der Waals surface area contributed by atoms with E-state index in [-0.39, 0.29) is 24.3 Å². The number of likely N-dealkylation sites (tertiary alicyclic amines) is 1. The van der Waals surface area contributed by atoms with Crippen LogP contribution in [-0.2, 0) is 22.7 Å². The lowest BCUT2D eigenvalue weighted by Gasteiger charge is -2.29. The van der Waals surface area contributed by atoms with E-state index >= 15 is 0 Å². The molecular weight excluding hydrogens is 446 g/mol. The molecule has 0 radical (unpaired) electrons. The highest BCUT2D eigenvalue weighted by Gasteiger charge is 2.39. The molecule has 5 rings (SSSR count). The van der Waals surface area contributed by atoms with Crippen molar-refractivity contribution in [3.05, 3.63) is 58.5 Å². The minimum atomic E-state index is -0.612. The zero-order valence-corrected chi connectivity index (χ0v) is 19.8. The molecule has 9 heteroatoms. The van der Waals surface area contributed by atoms with Crippen LogP contribution >= 0.6 is 0 Å². The van der Waals surface area contributed by atoms with E-state index < -0.39 is 11.9 Å². The van der Waals surface area contributed by atoms with Crippen LogP contribution in [0.4, 0.5) is 0 Å². The molecule has 0 saturated carbocycles. The molecule has 0 bridgehead atoms. The highest BCUT2D eigenvalue weighted by molar-refractivity contribution is 6.05. The van der Waals surface area contributed by atoms with Gasteiger partial charge in [-0.05, 0) is 61.9 Å². The summed E-state index contributed by atoms with van der Waals surface area (Å²) < 4.78 is 6.28. The molecule has 2 fully saturated rings. The molecule has 0 spiro atoms. The standard InChI is InChI=1S/C26H29N5O4/c1-16-21(7-9-27-2)18(12-28-16)13-30-10-8-20(15-30)35-19-3-4-22-17(11-19)14-31(26(22)34)23-5-6-24(32)29-25(23)33/h3-4,7,9,11-12,20,23,28H,2,5-6,8,10,13-15H2,1H3,(H,29,32,33)/b9-7-/t20-,23?/m1/s1. The Labute approximate surface area is 203 Å². The number of aromatic amines is 1.